The third-order valence-electron chi connectivity index (χ3n) is 5.89. The minimum atomic E-state index is -0.519. The first-order valence-electron chi connectivity index (χ1n) is 13.3. The van der Waals surface area contributed by atoms with Crippen LogP contribution in [0.2, 0.25) is 0 Å². The Morgan fingerprint density at radius 1 is 0.732 bits per heavy atom. The van der Waals surface area contributed by atoms with Crippen molar-refractivity contribution in [3.63, 3.8) is 0 Å². The van der Waals surface area contributed by atoms with Gasteiger partial charge in [-0.1, -0.05) is 29.8 Å². The van der Waals surface area contributed by atoms with E-state index in [1.165, 1.54) is 11.8 Å². The first-order chi connectivity index (χ1) is 19.9. The second-order valence-electron chi connectivity index (χ2n) is 8.98. The molecule has 0 bridgehead atoms. The standard InChI is InChI=1S/C33H32N2O6/c1-4-38-28-17-13-27(14-18-28)33(37)41-30-19-10-25(20-31(30)39-5-2)21-34-35-32(36)26-11-15-29(16-12-26)40-22-24-8-6-23(3)7-9-24/h6-21H,4-5,22H2,1-3H3,(H,35,36). The SMILES string of the molecule is CCOc1ccc(C(=O)Oc2ccc(C=NNC(=O)c3ccc(OCc4ccc(C)cc4)cc3)cc2OCC)cc1. The summed E-state index contributed by atoms with van der Waals surface area (Å²) in [5.41, 5.74) is 6.25. The first kappa shape index (κ1) is 28.9. The van der Waals surface area contributed by atoms with Crippen LogP contribution in [0.4, 0.5) is 0 Å². The molecule has 0 spiro atoms. The average Bonchev–Trinajstić information content (AvgIpc) is 2.99. The number of hydrogen-bond donors (Lipinski definition) is 1. The minimum absolute atomic E-state index is 0.275. The Hall–Kier alpha value is -5.11. The lowest BCUT2D eigenvalue weighted by Gasteiger charge is -2.11. The number of rotatable bonds is 12. The van der Waals surface area contributed by atoms with Gasteiger partial charge in [0.1, 0.15) is 18.1 Å². The summed E-state index contributed by atoms with van der Waals surface area (Å²) in [5, 5.41) is 4.06. The Kier molecular flexibility index (Phi) is 10.1. The lowest BCUT2D eigenvalue weighted by molar-refractivity contribution is 0.0728. The maximum atomic E-state index is 12.6. The molecule has 0 aliphatic heterocycles. The maximum Gasteiger partial charge on any atom is 0.343 e. The Bertz CT molecular complexity index is 1480. The summed E-state index contributed by atoms with van der Waals surface area (Å²) < 4.78 is 22.4. The molecule has 0 unspecified atom stereocenters. The molecule has 0 atom stereocenters. The van der Waals surface area contributed by atoms with Crippen molar-refractivity contribution in [2.75, 3.05) is 13.2 Å². The fraction of sp³-hybridized carbons (Fsp3) is 0.182. The highest BCUT2D eigenvalue weighted by molar-refractivity contribution is 5.95. The number of amides is 1. The summed E-state index contributed by atoms with van der Waals surface area (Å²) in [7, 11) is 0. The molecule has 4 aromatic carbocycles. The highest BCUT2D eigenvalue weighted by Gasteiger charge is 2.14. The molecule has 210 valence electrons. The van der Waals surface area contributed by atoms with Gasteiger partial charge in [0.25, 0.3) is 5.91 Å². The summed E-state index contributed by atoms with van der Waals surface area (Å²) in [6.07, 6.45) is 1.48. The molecule has 8 heteroatoms. The molecule has 0 aliphatic rings. The Morgan fingerprint density at radius 2 is 1.37 bits per heavy atom. The van der Waals surface area contributed by atoms with Crippen molar-refractivity contribution in [3.8, 4) is 23.0 Å². The lowest BCUT2D eigenvalue weighted by Crippen LogP contribution is -2.17. The van der Waals surface area contributed by atoms with Crippen LogP contribution >= 0.6 is 0 Å². The molecule has 8 nitrogen and oxygen atoms in total. The maximum absolute atomic E-state index is 12.6. The van der Waals surface area contributed by atoms with Gasteiger partial charge in [0, 0.05) is 5.56 Å². The predicted molar refractivity (Wildman–Crippen MR) is 157 cm³/mol. The first-order valence-corrected chi connectivity index (χ1v) is 13.3. The van der Waals surface area contributed by atoms with Crippen molar-refractivity contribution in [1.29, 1.82) is 0 Å². The minimum Gasteiger partial charge on any atom is -0.494 e. The Balaban J connectivity index is 1.33. The second kappa shape index (κ2) is 14.3. The van der Waals surface area contributed by atoms with E-state index in [0.29, 0.717) is 53.8 Å². The van der Waals surface area contributed by atoms with E-state index in [9.17, 15) is 9.59 Å². The molecule has 0 aliphatic carbocycles. The zero-order valence-electron chi connectivity index (χ0n) is 23.3. The van der Waals surface area contributed by atoms with Gasteiger partial charge in [-0.15, -0.1) is 0 Å². The number of benzene rings is 4. The molecule has 0 radical (unpaired) electrons. The van der Waals surface area contributed by atoms with Gasteiger partial charge in [-0.2, -0.15) is 5.10 Å². The van der Waals surface area contributed by atoms with Crippen LogP contribution in [-0.2, 0) is 6.61 Å². The third kappa shape index (κ3) is 8.44. The summed E-state index contributed by atoms with van der Waals surface area (Å²) in [4.78, 5) is 25.2. The van der Waals surface area contributed by atoms with Gasteiger partial charge < -0.3 is 18.9 Å². The van der Waals surface area contributed by atoms with Crippen LogP contribution in [0.3, 0.4) is 0 Å². The molecule has 4 aromatic rings. The molecule has 0 saturated carbocycles. The second-order valence-corrected chi connectivity index (χ2v) is 8.98. The van der Waals surface area contributed by atoms with Gasteiger partial charge in [0.15, 0.2) is 11.5 Å². The quantitative estimate of drug-likeness (QED) is 0.0952. The number of nitrogens with zero attached hydrogens (tertiary/aromatic N) is 1. The summed E-state index contributed by atoms with van der Waals surface area (Å²) in [6.45, 7) is 7.12. The molecule has 4 rings (SSSR count). The predicted octanol–water partition coefficient (Wildman–Crippen LogP) is 6.35. The molecule has 0 fully saturated rings. The van der Waals surface area contributed by atoms with Crippen LogP contribution in [0.15, 0.2) is 96.1 Å². The van der Waals surface area contributed by atoms with Crippen molar-refractivity contribution >= 4 is 18.1 Å². The monoisotopic (exact) mass is 552 g/mol. The Labute approximate surface area is 239 Å². The molecule has 0 saturated heterocycles. The van der Waals surface area contributed by atoms with E-state index in [1.54, 1.807) is 66.7 Å². The number of hydrazone groups is 1. The van der Waals surface area contributed by atoms with Crippen molar-refractivity contribution in [1.82, 2.24) is 5.43 Å². The van der Waals surface area contributed by atoms with Gasteiger partial charge in [-0.3, -0.25) is 4.79 Å². The van der Waals surface area contributed by atoms with Crippen LogP contribution < -0.4 is 24.4 Å². The molecular formula is C33H32N2O6. The van der Waals surface area contributed by atoms with Crippen molar-refractivity contribution < 1.29 is 28.5 Å². The zero-order chi connectivity index (χ0) is 29.0. The number of ether oxygens (including phenoxy) is 4. The highest BCUT2D eigenvalue weighted by Crippen LogP contribution is 2.29. The number of esters is 1. The summed E-state index contributed by atoms with van der Waals surface area (Å²) in [5.74, 6) is 1.11. The van der Waals surface area contributed by atoms with Gasteiger partial charge in [0.05, 0.1) is 25.0 Å². The molecule has 1 N–H and O–H groups in total. The zero-order valence-corrected chi connectivity index (χ0v) is 23.3. The van der Waals surface area contributed by atoms with E-state index in [0.717, 1.165) is 5.56 Å². The van der Waals surface area contributed by atoms with Crippen molar-refractivity contribution in [2.45, 2.75) is 27.4 Å². The Morgan fingerprint density at radius 3 is 2.02 bits per heavy atom. The van der Waals surface area contributed by atoms with E-state index in [2.05, 4.69) is 10.5 Å². The topological polar surface area (TPSA) is 95.5 Å². The molecule has 0 aromatic heterocycles. The normalized spacial score (nSPS) is 10.7. The number of carbonyl (C=O) groups excluding carboxylic acids is 2. The van der Waals surface area contributed by atoms with Crippen LogP contribution in [0.1, 0.15) is 51.3 Å². The molecular weight excluding hydrogens is 520 g/mol. The fourth-order valence-corrected chi connectivity index (χ4v) is 3.75. The van der Waals surface area contributed by atoms with Crippen LogP contribution in [0.5, 0.6) is 23.0 Å². The van der Waals surface area contributed by atoms with Gasteiger partial charge in [-0.25, -0.2) is 10.2 Å². The van der Waals surface area contributed by atoms with Crippen LogP contribution in [0.25, 0.3) is 0 Å². The van der Waals surface area contributed by atoms with E-state index in [1.807, 2.05) is 45.0 Å². The molecule has 0 heterocycles. The lowest BCUT2D eigenvalue weighted by atomic mass is 10.2. The summed E-state index contributed by atoms with van der Waals surface area (Å²) in [6, 6.07) is 26.7. The van der Waals surface area contributed by atoms with E-state index >= 15 is 0 Å². The molecule has 1 amide bonds. The smallest absolute Gasteiger partial charge is 0.343 e. The van der Waals surface area contributed by atoms with E-state index in [4.69, 9.17) is 18.9 Å². The molecule has 41 heavy (non-hydrogen) atoms. The van der Waals surface area contributed by atoms with Crippen LogP contribution in [0, 0.1) is 6.92 Å². The third-order valence-corrected chi connectivity index (χ3v) is 5.89. The van der Waals surface area contributed by atoms with Gasteiger partial charge in [-0.05, 0) is 98.6 Å². The largest absolute Gasteiger partial charge is 0.494 e. The van der Waals surface area contributed by atoms with Gasteiger partial charge >= 0.3 is 5.97 Å². The fourth-order valence-electron chi connectivity index (χ4n) is 3.75. The van der Waals surface area contributed by atoms with Crippen molar-refractivity contribution in [2.24, 2.45) is 5.10 Å². The van der Waals surface area contributed by atoms with E-state index in [-0.39, 0.29) is 11.7 Å². The van der Waals surface area contributed by atoms with Gasteiger partial charge in [0.2, 0.25) is 0 Å². The average molecular weight is 553 g/mol. The number of hydrogen-bond acceptors (Lipinski definition) is 7. The van der Waals surface area contributed by atoms with E-state index < -0.39 is 5.97 Å². The summed E-state index contributed by atoms with van der Waals surface area (Å²) >= 11 is 0. The van der Waals surface area contributed by atoms with Crippen molar-refractivity contribution in [3.05, 3.63) is 119 Å². The van der Waals surface area contributed by atoms with Crippen LogP contribution in [-0.4, -0.2) is 31.3 Å². The number of carbonyl (C=O) groups is 2. The number of nitrogens with one attached hydrogen (secondary N) is 1. The number of aryl methyl sites for hydroxylation is 1. The highest BCUT2D eigenvalue weighted by atomic mass is 16.6.